The molecule has 1 aliphatic rings. The first-order valence-electron chi connectivity index (χ1n) is 9.83. The molecule has 2 aromatic carbocycles. The van der Waals surface area contributed by atoms with Crippen LogP contribution in [0, 0.1) is 0 Å². The van der Waals surface area contributed by atoms with Gasteiger partial charge >= 0.3 is 6.18 Å². The SMILES string of the molecule is CC[C@@H]1CCCCN1C(=O)c1cccc(S(=O)(=O)Nc2cc(C(F)(F)F)ccc2Cl)c1. The fourth-order valence-corrected chi connectivity index (χ4v) is 4.97. The maximum atomic E-state index is 13.0. The number of sulfonamides is 1. The molecule has 1 N–H and O–H groups in total. The molecule has 0 unspecified atom stereocenters. The van der Waals surface area contributed by atoms with Crippen LogP contribution in [0.25, 0.3) is 0 Å². The Hall–Kier alpha value is -2.26. The summed E-state index contributed by atoms with van der Waals surface area (Å²) in [6.07, 6.45) is -1.02. The standard InChI is InChI=1S/C21H22ClF3N2O3S/c1-2-16-7-3-4-11-27(16)20(28)14-6-5-8-17(12-14)31(29,30)26-19-13-15(21(23,24)25)9-10-18(19)22/h5-6,8-10,12-13,16,26H,2-4,7,11H2,1H3/t16-/m1/s1. The Kier molecular flexibility index (Phi) is 6.85. The summed E-state index contributed by atoms with van der Waals surface area (Å²) in [4.78, 5) is 14.5. The van der Waals surface area contributed by atoms with E-state index in [0.29, 0.717) is 12.6 Å². The molecule has 2 aromatic rings. The second-order valence-electron chi connectivity index (χ2n) is 7.38. The number of piperidine rings is 1. The van der Waals surface area contributed by atoms with E-state index >= 15 is 0 Å². The van der Waals surface area contributed by atoms with E-state index in [1.165, 1.54) is 24.3 Å². The van der Waals surface area contributed by atoms with Crippen LogP contribution in [-0.4, -0.2) is 31.8 Å². The minimum Gasteiger partial charge on any atom is -0.336 e. The van der Waals surface area contributed by atoms with Crippen LogP contribution in [0.5, 0.6) is 0 Å². The molecule has 0 aromatic heterocycles. The molecule has 1 amide bonds. The van der Waals surface area contributed by atoms with Gasteiger partial charge in [-0.25, -0.2) is 8.42 Å². The lowest BCUT2D eigenvalue weighted by atomic mass is 9.99. The smallest absolute Gasteiger partial charge is 0.336 e. The van der Waals surface area contributed by atoms with Gasteiger partial charge in [0, 0.05) is 18.2 Å². The van der Waals surface area contributed by atoms with Gasteiger partial charge in [0.05, 0.1) is 21.2 Å². The van der Waals surface area contributed by atoms with Gasteiger partial charge in [-0.15, -0.1) is 0 Å². The number of hydrogen-bond donors (Lipinski definition) is 1. The molecular weight excluding hydrogens is 453 g/mol. The van der Waals surface area contributed by atoms with Crippen LogP contribution in [0.4, 0.5) is 18.9 Å². The number of carbonyl (C=O) groups is 1. The number of rotatable bonds is 5. The van der Waals surface area contributed by atoms with Crippen LogP contribution >= 0.6 is 11.6 Å². The zero-order chi connectivity index (χ0) is 22.8. The number of alkyl halides is 3. The van der Waals surface area contributed by atoms with Crippen LogP contribution in [0.1, 0.15) is 48.5 Å². The molecule has 3 rings (SSSR count). The van der Waals surface area contributed by atoms with Crippen molar-refractivity contribution in [1.29, 1.82) is 0 Å². The van der Waals surface area contributed by atoms with E-state index in [9.17, 15) is 26.4 Å². The first-order chi connectivity index (χ1) is 14.5. The second-order valence-corrected chi connectivity index (χ2v) is 9.47. The van der Waals surface area contributed by atoms with Gasteiger partial charge in [-0.2, -0.15) is 13.2 Å². The minimum absolute atomic E-state index is 0.101. The number of hydrogen-bond acceptors (Lipinski definition) is 3. The number of likely N-dealkylation sites (tertiary alicyclic amines) is 1. The molecule has 0 spiro atoms. The molecule has 0 radical (unpaired) electrons. The average Bonchev–Trinajstić information content (AvgIpc) is 2.74. The van der Waals surface area contributed by atoms with Crippen molar-refractivity contribution < 1.29 is 26.4 Å². The molecule has 0 bridgehead atoms. The molecular formula is C21H22ClF3N2O3S. The van der Waals surface area contributed by atoms with E-state index in [4.69, 9.17) is 11.6 Å². The normalized spacial score (nSPS) is 17.5. The van der Waals surface area contributed by atoms with E-state index in [1.54, 1.807) is 4.90 Å². The van der Waals surface area contributed by atoms with Crippen LogP contribution in [0.3, 0.4) is 0 Å². The zero-order valence-electron chi connectivity index (χ0n) is 16.7. The highest BCUT2D eigenvalue weighted by atomic mass is 35.5. The van der Waals surface area contributed by atoms with Crippen molar-refractivity contribution in [3.8, 4) is 0 Å². The monoisotopic (exact) mass is 474 g/mol. The molecule has 1 fully saturated rings. The Bertz CT molecular complexity index is 1070. The lowest BCUT2D eigenvalue weighted by Crippen LogP contribution is -2.43. The first-order valence-corrected chi connectivity index (χ1v) is 11.7. The molecule has 5 nitrogen and oxygen atoms in total. The van der Waals surface area contributed by atoms with E-state index in [2.05, 4.69) is 4.72 Å². The molecule has 31 heavy (non-hydrogen) atoms. The predicted octanol–water partition coefficient (Wildman–Crippen LogP) is 5.56. The summed E-state index contributed by atoms with van der Waals surface area (Å²) in [7, 11) is -4.28. The Morgan fingerprint density at radius 1 is 1.19 bits per heavy atom. The highest BCUT2D eigenvalue weighted by Crippen LogP contribution is 2.34. The Labute approximate surface area is 184 Å². The van der Waals surface area contributed by atoms with Gasteiger partial charge in [-0.3, -0.25) is 9.52 Å². The number of amides is 1. The van der Waals surface area contributed by atoms with Gasteiger partial charge in [-0.05, 0) is 62.1 Å². The third-order valence-electron chi connectivity index (χ3n) is 5.29. The molecule has 0 saturated carbocycles. The van der Waals surface area contributed by atoms with Gasteiger partial charge < -0.3 is 4.90 Å². The third kappa shape index (κ3) is 5.33. The summed E-state index contributed by atoms with van der Waals surface area (Å²) in [6.45, 7) is 2.60. The van der Waals surface area contributed by atoms with Gasteiger partial charge in [0.15, 0.2) is 0 Å². The zero-order valence-corrected chi connectivity index (χ0v) is 18.3. The second kappa shape index (κ2) is 9.08. The number of nitrogens with zero attached hydrogens (tertiary/aromatic N) is 1. The molecule has 1 saturated heterocycles. The van der Waals surface area contributed by atoms with Crippen molar-refractivity contribution in [3.05, 3.63) is 58.6 Å². The Morgan fingerprint density at radius 2 is 1.94 bits per heavy atom. The van der Waals surface area contributed by atoms with Crippen molar-refractivity contribution in [1.82, 2.24) is 4.90 Å². The van der Waals surface area contributed by atoms with Crippen molar-refractivity contribution in [3.63, 3.8) is 0 Å². The van der Waals surface area contributed by atoms with E-state index in [0.717, 1.165) is 37.8 Å². The highest BCUT2D eigenvalue weighted by Gasteiger charge is 2.32. The third-order valence-corrected chi connectivity index (χ3v) is 6.98. The summed E-state index contributed by atoms with van der Waals surface area (Å²) in [5, 5.41) is -0.178. The predicted molar refractivity (Wildman–Crippen MR) is 113 cm³/mol. The first kappa shape index (κ1) is 23.4. The molecule has 1 aliphatic heterocycles. The fraction of sp³-hybridized carbons (Fsp3) is 0.381. The largest absolute Gasteiger partial charge is 0.416 e. The lowest BCUT2D eigenvalue weighted by Gasteiger charge is -2.35. The molecule has 1 atom stereocenters. The Morgan fingerprint density at radius 3 is 2.61 bits per heavy atom. The average molecular weight is 475 g/mol. The summed E-state index contributed by atoms with van der Waals surface area (Å²) in [6, 6.07) is 7.94. The number of anilines is 1. The van der Waals surface area contributed by atoms with Crippen molar-refractivity contribution in [2.24, 2.45) is 0 Å². The molecule has 168 valence electrons. The van der Waals surface area contributed by atoms with E-state index in [-0.39, 0.29) is 27.4 Å². The molecule has 0 aliphatic carbocycles. The van der Waals surface area contributed by atoms with Crippen LogP contribution in [0.2, 0.25) is 5.02 Å². The molecule has 1 heterocycles. The minimum atomic E-state index is -4.65. The summed E-state index contributed by atoms with van der Waals surface area (Å²) in [5.74, 6) is -0.263. The number of benzene rings is 2. The van der Waals surface area contributed by atoms with Crippen molar-refractivity contribution in [2.75, 3.05) is 11.3 Å². The summed E-state index contributed by atoms with van der Waals surface area (Å²) >= 11 is 5.90. The maximum Gasteiger partial charge on any atom is 0.416 e. The van der Waals surface area contributed by atoms with Crippen LogP contribution < -0.4 is 4.72 Å². The number of nitrogens with one attached hydrogen (secondary N) is 1. The Balaban J connectivity index is 1.89. The summed E-state index contributed by atoms with van der Waals surface area (Å²) < 4.78 is 66.6. The van der Waals surface area contributed by atoms with Crippen molar-refractivity contribution >= 4 is 33.2 Å². The van der Waals surface area contributed by atoms with Crippen LogP contribution in [0.15, 0.2) is 47.4 Å². The topological polar surface area (TPSA) is 66.5 Å². The van der Waals surface area contributed by atoms with Gasteiger partial charge in [0.25, 0.3) is 15.9 Å². The number of carbonyl (C=O) groups excluding carboxylic acids is 1. The van der Waals surface area contributed by atoms with Crippen molar-refractivity contribution in [2.45, 2.75) is 49.7 Å². The van der Waals surface area contributed by atoms with Crippen LogP contribution in [-0.2, 0) is 16.2 Å². The van der Waals surface area contributed by atoms with Gasteiger partial charge in [0.2, 0.25) is 0 Å². The van der Waals surface area contributed by atoms with E-state index < -0.39 is 27.5 Å². The molecule has 10 heteroatoms. The highest BCUT2D eigenvalue weighted by molar-refractivity contribution is 7.92. The quantitative estimate of drug-likeness (QED) is 0.616. The number of halogens is 4. The van der Waals surface area contributed by atoms with Gasteiger partial charge in [0.1, 0.15) is 0 Å². The van der Waals surface area contributed by atoms with Gasteiger partial charge in [-0.1, -0.05) is 24.6 Å². The lowest BCUT2D eigenvalue weighted by molar-refractivity contribution is -0.137. The maximum absolute atomic E-state index is 13.0. The summed E-state index contributed by atoms with van der Waals surface area (Å²) in [5.41, 5.74) is -1.22. The van der Waals surface area contributed by atoms with E-state index in [1.807, 2.05) is 6.92 Å². The fourth-order valence-electron chi connectivity index (χ4n) is 3.64.